The Bertz CT molecular complexity index is 1610. The third-order valence-corrected chi connectivity index (χ3v) is 8.24. The van der Waals surface area contributed by atoms with Crippen LogP contribution in [0.4, 0.5) is 16.2 Å². The average molecular weight is 562 g/mol. The molecule has 1 saturated heterocycles. The van der Waals surface area contributed by atoms with Crippen LogP contribution in [0.15, 0.2) is 103 Å². The summed E-state index contributed by atoms with van der Waals surface area (Å²) in [7, 11) is 0. The molecule has 8 heteroatoms. The van der Waals surface area contributed by atoms with Crippen molar-refractivity contribution in [2.45, 2.75) is 31.2 Å². The van der Waals surface area contributed by atoms with Gasteiger partial charge in [0, 0.05) is 25.1 Å². The first-order valence-electron chi connectivity index (χ1n) is 14.2. The van der Waals surface area contributed by atoms with Crippen molar-refractivity contribution in [1.29, 1.82) is 0 Å². The first kappa shape index (κ1) is 27.2. The fourth-order valence-electron chi connectivity index (χ4n) is 6.14. The molecule has 42 heavy (non-hydrogen) atoms. The second-order valence-corrected chi connectivity index (χ2v) is 10.7. The standard InChI is InChI=1S/C34H31N3O5/c38-30-21-25-15-7-9-17-27(25)37(28-18-10-8-16-26(28)30)34(42)36-20-19-35(22-29(36)33(40)41)32(39)31(23-11-3-1-4-12-23)24-13-5-2-6-14-24/h1-5,7-13,15-18,29,31H,6,14,19-22H2,(H,40,41)/t29-,31?/m0/s1. The number of allylic oxidation sites excluding steroid dienone is 3. The second kappa shape index (κ2) is 11.5. The lowest BCUT2D eigenvalue weighted by atomic mass is 9.85. The number of aliphatic carboxylic acids is 1. The summed E-state index contributed by atoms with van der Waals surface area (Å²) < 4.78 is 0. The first-order valence-corrected chi connectivity index (χ1v) is 14.2. The number of urea groups is 1. The molecule has 3 amide bonds. The van der Waals surface area contributed by atoms with Crippen molar-refractivity contribution >= 4 is 35.1 Å². The molecule has 0 aromatic heterocycles. The molecule has 1 N–H and O–H groups in total. The highest BCUT2D eigenvalue weighted by atomic mass is 16.4. The largest absolute Gasteiger partial charge is 0.480 e. The fraction of sp³-hybridized carbons (Fsp3) is 0.235. The van der Waals surface area contributed by atoms with E-state index in [1.165, 1.54) is 9.80 Å². The van der Waals surface area contributed by atoms with E-state index < -0.39 is 24.0 Å². The number of rotatable bonds is 4. The molecule has 2 heterocycles. The van der Waals surface area contributed by atoms with Gasteiger partial charge < -0.3 is 14.9 Å². The third kappa shape index (κ3) is 5.00. The maximum atomic E-state index is 14.3. The number of anilines is 2. The van der Waals surface area contributed by atoms with Gasteiger partial charge in [0.15, 0.2) is 5.78 Å². The van der Waals surface area contributed by atoms with Crippen LogP contribution in [0.3, 0.4) is 0 Å². The number of Topliss-reactive ketones (excluding diaryl/α,β-unsaturated/α-hetero) is 1. The molecule has 212 valence electrons. The molecule has 3 aromatic rings. The predicted octanol–water partition coefficient (Wildman–Crippen LogP) is 5.34. The lowest BCUT2D eigenvalue weighted by Crippen LogP contribution is -2.62. The number of carboxylic acid groups (broad SMARTS) is 1. The smallest absolute Gasteiger partial charge is 0.330 e. The van der Waals surface area contributed by atoms with Crippen LogP contribution in [-0.2, 0) is 16.0 Å². The van der Waals surface area contributed by atoms with Crippen molar-refractivity contribution in [1.82, 2.24) is 9.80 Å². The molecule has 8 nitrogen and oxygen atoms in total. The van der Waals surface area contributed by atoms with Crippen molar-refractivity contribution in [3.05, 3.63) is 119 Å². The summed E-state index contributed by atoms with van der Waals surface area (Å²) in [5.41, 5.74) is 3.90. The maximum Gasteiger partial charge on any atom is 0.330 e. The van der Waals surface area contributed by atoms with Crippen molar-refractivity contribution in [2.75, 3.05) is 24.5 Å². The van der Waals surface area contributed by atoms with Gasteiger partial charge in [-0.1, -0.05) is 84.5 Å². The summed E-state index contributed by atoms with van der Waals surface area (Å²) >= 11 is 0. The van der Waals surface area contributed by atoms with Gasteiger partial charge in [-0.15, -0.1) is 0 Å². The van der Waals surface area contributed by atoms with Gasteiger partial charge in [0.05, 0.1) is 23.8 Å². The zero-order valence-electron chi connectivity index (χ0n) is 23.1. The molecule has 0 radical (unpaired) electrons. The molecule has 0 bridgehead atoms. The van der Waals surface area contributed by atoms with Crippen LogP contribution in [0.1, 0.15) is 40.2 Å². The van der Waals surface area contributed by atoms with Gasteiger partial charge in [0.2, 0.25) is 5.91 Å². The number of carboxylic acids is 1. The number of carbonyl (C=O) groups is 4. The highest BCUT2D eigenvalue weighted by Gasteiger charge is 2.42. The van der Waals surface area contributed by atoms with Gasteiger partial charge in [-0.2, -0.15) is 0 Å². The number of para-hydroxylation sites is 2. The average Bonchev–Trinajstić information content (AvgIpc) is 3.15. The Morgan fingerprint density at radius 3 is 2.31 bits per heavy atom. The quantitative estimate of drug-likeness (QED) is 0.464. The van der Waals surface area contributed by atoms with E-state index in [2.05, 4.69) is 6.08 Å². The number of ketones is 1. The molecule has 3 aromatic carbocycles. The Kier molecular flexibility index (Phi) is 7.44. The van der Waals surface area contributed by atoms with E-state index in [9.17, 15) is 24.3 Å². The summed E-state index contributed by atoms with van der Waals surface area (Å²) in [6.07, 6.45) is 7.71. The molecule has 0 saturated carbocycles. The highest BCUT2D eigenvalue weighted by molar-refractivity contribution is 6.12. The topological polar surface area (TPSA) is 98.2 Å². The molecule has 6 rings (SSSR count). The second-order valence-electron chi connectivity index (χ2n) is 10.7. The molecule has 1 aliphatic carbocycles. The van der Waals surface area contributed by atoms with Gasteiger partial charge in [0.1, 0.15) is 6.04 Å². The van der Waals surface area contributed by atoms with Crippen LogP contribution >= 0.6 is 0 Å². The van der Waals surface area contributed by atoms with Crippen molar-refractivity contribution in [2.24, 2.45) is 0 Å². The zero-order valence-corrected chi connectivity index (χ0v) is 23.1. The number of carbonyl (C=O) groups excluding carboxylic acids is 3. The van der Waals surface area contributed by atoms with Gasteiger partial charge in [-0.3, -0.25) is 14.5 Å². The maximum absolute atomic E-state index is 14.3. The van der Waals surface area contributed by atoms with E-state index in [4.69, 9.17) is 0 Å². The molecule has 3 aliphatic rings. The number of piperazine rings is 1. The van der Waals surface area contributed by atoms with Crippen molar-refractivity contribution < 1.29 is 24.3 Å². The molecule has 0 spiro atoms. The van der Waals surface area contributed by atoms with E-state index in [-0.39, 0.29) is 37.7 Å². The van der Waals surface area contributed by atoms with Gasteiger partial charge >= 0.3 is 12.0 Å². The minimum atomic E-state index is -1.26. The van der Waals surface area contributed by atoms with E-state index in [1.54, 1.807) is 41.3 Å². The van der Waals surface area contributed by atoms with E-state index in [0.717, 1.165) is 24.0 Å². The normalized spacial score (nSPS) is 18.9. The summed E-state index contributed by atoms with van der Waals surface area (Å²) in [6, 6.07) is 21.8. The number of fused-ring (bicyclic) bond motifs is 2. The molecule has 2 aliphatic heterocycles. The summed E-state index contributed by atoms with van der Waals surface area (Å²) in [5.74, 6) is -2.00. The van der Waals surface area contributed by atoms with Crippen LogP contribution < -0.4 is 4.90 Å². The van der Waals surface area contributed by atoms with Gasteiger partial charge in [0.25, 0.3) is 0 Å². The van der Waals surface area contributed by atoms with Crippen LogP contribution in [0.2, 0.25) is 0 Å². The van der Waals surface area contributed by atoms with Gasteiger partial charge in [-0.25, -0.2) is 9.59 Å². The van der Waals surface area contributed by atoms with E-state index in [0.29, 0.717) is 22.5 Å². The van der Waals surface area contributed by atoms with Crippen LogP contribution in [0.25, 0.3) is 0 Å². The van der Waals surface area contributed by atoms with E-state index in [1.807, 2.05) is 54.6 Å². The van der Waals surface area contributed by atoms with Crippen LogP contribution in [-0.4, -0.2) is 64.3 Å². The number of benzene rings is 3. The monoisotopic (exact) mass is 561 g/mol. The van der Waals surface area contributed by atoms with Crippen molar-refractivity contribution in [3.63, 3.8) is 0 Å². The third-order valence-electron chi connectivity index (χ3n) is 8.24. The minimum Gasteiger partial charge on any atom is -0.480 e. The number of hydrogen-bond acceptors (Lipinski definition) is 4. The Hall–Kier alpha value is -4.98. The number of hydrogen-bond donors (Lipinski definition) is 1. The lowest BCUT2D eigenvalue weighted by Gasteiger charge is -2.42. The zero-order chi connectivity index (χ0) is 29.2. The summed E-state index contributed by atoms with van der Waals surface area (Å²) in [5, 5.41) is 10.3. The lowest BCUT2D eigenvalue weighted by molar-refractivity contribution is -0.147. The summed E-state index contributed by atoms with van der Waals surface area (Å²) in [4.78, 5) is 58.5. The number of nitrogens with zero attached hydrogens (tertiary/aromatic N) is 3. The summed E-state index contributed by atoms with van der Waals surface area (Å²) in [6.45, 7) is 0.0933. The molecule has 2 atom stereocenters. The van der Waals surface area contributed by atoms with Gasteiger partial charge in [-0.05, 0) is 42.2 Å². The molecular weight excluding hydrogens is 530 g/mol. The van der Waals surface area contributed by atoms with E-state index >= 15 is 0 Å². The Morgan fingerprint density at radius 1 is 0.857 bits per heavy atom. The highest BCUT2D eigenvalue weighted by Crippen LogP contribution is 2.38. The fourth-order valence-corrected chi connectivity index (χ4v) is 6.14. The number of amides is 3. The first-order chi connectivity index (χ1) is 20.4. The minimum absolute atomic E-state index is 0.0385. The molecule has 1 fully saturated rings. The van der Waals surface area contributed by atoms with Crippen molar-refractivity contribution in [3.8, 4) is 0 Å². The Morgan fingerprint density at radius 2 is 1.57 bits per heavy atom. The molecule has 1 unspecified atom stereocenters. The van der Waals surface area contributed by atoms with Crippen LogP contribution in [0, 0.1) is 0 Å². The predicted molar refractivity (Wildman–Crippen MR) is 159 cm³/mol. The Labute approximate surface area is 244 Å². The van der Waals surface area contributed by atoms with Crippen LogP contribution in [0.5, 0.6) is 0 Å². The molecular formula is C34H31N3O5. The SMILES string of the molecule is O=C1Cc2ccccc2N(C(=O)N2CCN(C(=O)C(C3=CC=CCC3)c3ccccc3)C[C@H]2C(=O)O)c2ccccc21. The Balaban J connectivity index is 1.32.